The van der Waals surface area contributed by atoms with Gasteiger partial charge in [-0.05, 0) is 43.0 Å². The number of amides is 2. The topological polar surface area (TPSA) is 162 Å². The molecular formula is C24H25N5O6S2. The van der Waals surface area contributed by atoms with Crippen LogP contribution in [0.3, 0.4) is 0 Å². The molecule has 2 amide bonds. The fourth-order valence-corrected chi connectivity index (χ4v) is 4.90. The molecule has 1 aliphatic heterocycles. The molecule has 13 heteroatoms. The van der Waals surface area contributed by atoms with E-state index in [1.165, 1.54) is 11.3 Å². The zero-order valence-electron chi connectivity index (χ0n) is 19.7. The molecule has 3 aromatic rings. The maximum atomic E-state index is 13.1. The number of benzene rings is 1. The van der Waals surface area contributed by atoms with E-state index >= 15 is 0 Å². The summed E-state index contributed by atoms with van der Waals surface area (Å²) in [5.74, 6) is 0.0725. The zero-order valence-corrected chi connectivity index (χ0v) is 21.3. The third-order valence-corrected chi connectivity index (χ3v) is 6.89. The first-order chi connectivity index (χ1) is 17.8. The van der Waals surface area contributed by atoms with Crippen LogP contribution in [0.15, 0.2) is 42.5 Å². The van der Waals surface area contributed by atoms with Crippen LogP contribution >= 0.6 is 11.3 Å². The van der Waals surface area contributed by atoms with E-state index in [0.29, 0.717) is 36.0 Å². The fourth-order valence-electron chi connectivity index (χ4n) is 3.58. The molecule has 2 aromatic carbocycles. The summed E-state index contributed by atoms with van der Waals surface area (Å²) in [6.45, 7) is 0.458. The van der Waals surface area contributed by atoms with Gasteiger partial charge >= 0.3 is 6.09 Å². The lowest BCUT2D eigenvalue weighted by molar-refractivity contribution is -0.118. The van der Waals surface area contributed by atoms with E-state index in [1.807, 2.05) is 36.4 Å². The highest BCUT2D eigenvalue weighted by atomic mass is 32.2. The maximum absolute atomic E-state index is 13.1. The maximum Gasteiger partial charge on any atom is 0.408 e. The van der Waals surface area contributed by atoms with Gasteiger partial charge < -0.3 is 20.1 Å². The first kappa shape index (κ1) is 26.4. The molecule has 0 saturated heterocycles. The van der Waals surface area contributed by atoms with Crippen molar-refractivity contribution in [2.75, 3.05) is 11.9 Å². The number of unbranched alkanes of at least 4 members (excludes halogenated alkanes) is 1. The minimum absolute atomic E-state index is 0.0480. The quantitative estimate of drug-likeness (QED) is 0.270. The number of nitrogens with zero attached hydrogens (tertiary/aromatic N) is 1. The van der Waals surface area contributed by atoms with E-state index in [1.54, 1.807) is 6.07 Å². The molecule has 1 aliphatic rings. The van der Waals surface area contributed by atoms with E-state index in [9.17, 15) is 18.0 Å². The Balaban J connectivity index is 1.39. The van der Waals surface area contributed by atoms with Crippen LogP contribution in [0.1, 0.15) is 29.7 Å². The predicted molar refractivity (Wildman–Crippen MR) is 137 cm³/mol. The Kier molecular flexibility index (Phi) is 8.57. The van der Waals surface area contributed by atoms with Crippen molar-refractivity contribution in [3.63, 3.8) is 0 Å². The summed E-state index contributed by atoms with van der Waals surface area (Å²) < 4.78 is 35.2. The normalized spacial score (nSPS) is 12.8. The summed E-state index contributed by atoms with van der Waals surface area (Å²) in [4.78, 5) is 31.0. The molecule has 0 saturated carbocycles. The number of carbonyl (C=O) groups excluding carboxylic acids is 2. The Bertz CT molecular complexity index is 1350. The van der Waals surface area contributed by atoms with Crippen LogP contribution in [0, 0.1) is 12.1 Å². The standard InChI is InChI=1S/C24H25N5O6S2/c25-37(32,33)26-13-7-6-11-18(27-24(31)35-14-16-8-2-1-3-9-16)22(30)29-23-28-21-17-10-4-5-12-19(17)34-15-20(21)36-23/h1-4,8-10,18,26H,6-7,11,13-15H2,(H,27,31)(H2,25,32,33)(H,28,29,30)/t18-/m0/s1. The number of hydrogen-bond acceptors (Lipinski definition) is 8. The molecule has 2 heterocycles. The van der Waals surface area contributed by atoms with Crippen molar-refractivity contribution in [2.45, 2.75) is 38.5 Å². The van der Waals surface area contributed by atoms with Crippen molar-refractivity contribution in [1.29, 1.82) is 0 Å². The number of hydrogen-bond donors (Lipinski definition) is 4. The molecule has 0 bridgehead atoms. The molecule has 4 rings (SSSR count). The Morgan fingerprint density at radius 2 is 2.03 bits per heavy atom. The zero-order chi connectivity index (χ0) is 26.3. The number of nitrogens with two attached hydrogens (primary N) is 1. The van der Waals surface area contributed by atoms with E-state index in [0.717, 1.165) is 16.0 Å². The average Bonchev–Trinajstić information content (AvgIpc) is 3.29. The first-order valence-corrected chi connectivity index (χ1v) is 13.8. The molecule has 194 valence electrons. The summed E-state index contributed by atoms with van der Waals surface area (Å²) in [6, 6.07) is 17.5. The van der Waals surface area contributed by atoms with Crippen LogP contribution in [0.25, 0.3) is 11.3 Å². The second-order valence-corrected chi connectivity index (χ2v) is 10.6. The molecule has 1 atom stereocenters. The highest BCUT2D eigenvalue weighted by Crippen LogP contribution is 2.39. The number of alkyl carbamates (subject to hydrolysis) is 1. The number of thiazole rings is 1. The van der Waals surface area contributed by atoms with Gasteiger partial charge in [-0.25, -0.2) is 19.6 Å². The van der Waals surface area contributed by atoms with Crippen molar-refractivity contribution >= 4 is 38.7 Å². The van der Waals surface area contributed by atoms with Gasteiger partial charge in [-0.2, -0.15) is 8.42 Å². The minimum Gasteiger partial charge on any atom is -0.479 e. The largest absolute Gasteiger partial charge is 0.479 e. The van der Waals surface area contributed by atoms with Gasteiger partial charge in [0, 0.05) is 6.54 Å². The fraction of sp³-hybridized carbons (Fsp3) is 0.292. The lowest BCUT2D eigenvalue weighted by Crippen LogP contribution is -2.44. The molecule has 0 unspecified atom stereocenters. The van der Waals surface area contributed by atoms with Gasteiger partial charge in [-0.3, -0.25) is 4.79 Å². The second kappa shape index (κ2) is 12.0. The van der Waals surface area contributed by atoms with Crippen LogP contribution in [0.2, 0.25) is 0 Å². The highest BCUT2D eigenvalue weighted by Gasteiger charge is 2.26. The number of nitrogens with one attached hydrogen (secondary N) is 3. The summed E-state index contributed by atoms with van der Waals surface area (Å²) in [5.41, 5.74) is 2.27. The lowest BCUT2D eigenvalue weighted by Gasteiger charge is -2.17. The summed E-state index contributed by atoms with van der Waals surface area (Å²) in [5, 5.41) is 10.7. The van der Waals surface area contributed by atoms with E-state index in [-0.39, 0.29) is 19.6 Å². The van der Waals surface area contributed by atoms with E-state index in [4.69, 9.17) is 14.6 Å². The number of carbonyl (C=O) groups is 2. The van der Waals surface area contributed by atoms with Gasteiger partial charge in [0.15, 0.2) is 10.9 Å². The Morgan fingerprint density at radius 3 is 2.81 bits per heavy atom. The molecule has 0 fully saturated rings. The number of rotatable bonds is 11. The Morgan fingerprint density at radius 1 is 1.22 bits per heavy atom. The molecule has 1 aromatic heterocycles. The van der Waals surface area contributed by atoms with E-state index in [2.05, 4.69) is 32.5 Å². The predicted octanol–water partition coefficient (Wildman–Crippen LogP) is 2.50. The van der Waals surface area contributed by atoms with E-state index < -0.39 is 28.3 Å². The summed E-state index contributed by atoms with van der Waals surface area (Å²) in [7, 11) is -3.80. The van der Waals surface area contributed by atoms with Gasteiger partial charge in [-0.15, -0.1) is 0 Å². The van der Waals surface area contributed by atoms with Gasteiger partial charge in [0.2, 0.25) is 5.91 Å². The van der Waals surface area contributed by atoms with Gasteiger partial charge in [0.25, 0.3) is 10.2 Å². The van der Waals surface area contributed by atoms with Crippen LogP contribution < -0.4 is 25.2 Å². The molecular weight excluding hydrogens is 518 g/mol. The summed E-state index contributed by atoms with van der Waals surface area (Å²) >= 11 is 1.28. The third kappa shape index (κ3) is 7.64. The van der Waals surface area contributed by atoms with Crippen LogP contribution in [-0.4, -0.2) is 38.0 Å². The van der Waals surface area contributed by atoms with Gasteiger partial charge in [0.05, 0.1) is 16.1 Å². The highest BCUT2D eigenvalue weighted by molar-refractivity contribution is 7.87. The number of aromatic nitrogens is 1. The molecule has 0 radical (unpaired) electrons. The second-order valence-electron chi connectivity index (χ2n) is 8.11. The van der Waals surface area contributed by atoms with Crippen molar-refractivity contribution in [3.05, 3.63) is 65.0 Å². The van der Waals surface area contributed by atoms with Crippen LogP contribution in [0.5, 0.6) is 5.75 Å². The van der Waals surface area contributed by atoms with Crippen molar-refractivity contribution in [1.82, 2.24) is 15.0 Å². The number of anilines is 1. The van der Waals surface area contributed by atoms with Gasteiger partial charge in [-0.1, -0.05) is 47.7 Å². The Hall–Kier alpha value is -3.70. The minimum atomic E-state index is -3.80. The first-order valence-electron chi connectivity index (χ1n) is 11.4. The molecule has 37 heavy (non-hydrogen) atoms. The Labute approximate surface area is 218 Å². The van der Waals surface area contributed by atoms with Crippen LogP contribution in [0.4, 0.5) is 9.93 Å². The van der Waals surface area contributed by atoms with Crippen molar-refractivity contribution in [2.24, 2.45) is 5.14 Å². The van der Waals surface area contributed by atoms with Gasteiger partial charge in [0.1, 0.15) is 19.3 Å². The summed E-state index contributed by atoms with van der Waals surface area (Å²) in [6.07, 6.45) is 0.329. The monoisotopic (exact) mass is 543 g/mol. The van der Waals surface area contributed by atoms with Crippen LogP contribution in [-0.2, 0) is 33.0 Å². The number of fused-ring (bicyclic) bond motifs is 3. The molecule has 5 N–H and O–H groups in total. The number of ether oxygens (including phenoxy) is 2. The molecule has 11 nitrogen and oxygen atoms in total. The third-order valence-electron chi connectivity index (χ3n) is 5.34. The molecule has 0 aliphatic carbocycles. The average molecular weight is 544 g/mol. The SMILES string of the molecule is NS(=O)(=O)NCCCC[C@H](NC(=O)OCc1ccccc1)C(=O)Nc1nc2c(s1)COc1c#cccc1-2. The van der Waals surface area contributed by atoms with Crippen molar-refractivity contribution in [3.8, 4) is 17.0 Å². The smallest absolute Gasteiger partial charge is 0.408 e. The van der Waals surface area contributed by atoms with Crippen molar-refractivity contribution < 1.29 is 27.5 Å². The lowest BCUT2D eigenvalue weighted by atomic mass is 10.1. The molecule has 0 spiro atoms.